The number of nitrogens with two attached hydrogens (primary N) is 1. The lowest BCUT2D eigenvalue weighted by molar-refractivity contribution is 0.413. The molecular formula is C12H22N4. The number of hydrogen-bond acceptors (Lipinski definition) is 3. The minimum Gasteiger partial charge on any atom is -0.342 e. The van der Waals surface area contributed by atoms with Gasteiger partial charge < -0.3 is 15.2 Å². The zero-order chi connectivity index (χ0) is 11.5. The van der Waals surface area contributed by atoms with Gasteiger partial charge >= 0.3 is 0 Å². The van der Waals surface area contributed by atoms with Gasteiger partial charge in [-0.2, -0.15) is 0 Å². The van der Waals surface area contributed by atoms with Crippen molar-refractivity contribution in [1.29, 1.82) is 0 Å². The van der Waals surface area contributed by atoms with Crippen LogP contribution in [0.2, 0.25) is 0 Å². The van der Waals surface area contributed by atoms with E-state index in [0.717, 1.165) is 25.6 Å². The lowest BCUT2D eigenvalue weighted by atomic mass is 9.99. The molecule has 1 unspecified atom stereocenters. The van der Waals surface area contributed by atoms with Gasteiger partial charge in [-0.25, -0.2) is 4.98 Å². The van der Waals surface area contributed by atoms with Crippen LogP contribution < -0.4 is 10.6 Å². The standard InChI is InChI=1S/C12H22N4/c1-10(2)16-7-5-14-12(16)15-6-3-4-11(8-13)9-15/h5,7,10-11H,3-4,6,8-9,13H2,1-2H3. The summed E-state index contributed by atoms with van der Waals surface area (Å²) >= 11 is 0. The molecule has 1 saturated heterocycles. The Balaban J connectivity index is 2.13. The van der Waals surface area contributed by atoms with Crippen molar-refractivity contribution in [3.63, 3.8) is 0 Å². The molecule has 2 rings (SSSR count). The molecule has 90 valence electrons. The highest BCUT2D eigenvalue weighted by Gasteiger charge is 2.22. The van der Waals surface area contributed by atoms with E-state index in [4.69, 9.17) is 5.73 Å². The third kappa shape index (κ3) is 2.21. The molecule has 0 radical (unpaired) electrons. The number of anilines is 1. The maximum absolute atomic E-state index is 5.76. The molecular weight excluding hydrogens is 200 g/mol. The Kier molecular flexibility index (Phi) is 3.49. The quantitative estimate of drug-likeness (QED) is 0.845. The molecule has 0 amide bonds. The Bertz CT molecular complexity index is 332. The zero-order valence-corrected chi connectivity index (χ0v) is 10.3. The van der Waals surface area contributed by atoms with E-state index in [-0.39, 0.29) is 0 Å². The van der Waals surface area contributed by atoms with E-state index in [0.29, 0.717) is 12.0 Å². The molecule has 0 bridgehead atoms. The zero-order valence-electron chi connectivity index (χ0n) is 10.3. The first-order valence-electron chi connectivity index (χ1n) is 6.20. The SMILES string of the molecule is CC(C)n1ccnc1N1CCCC(CN)C1. The normalized spacial score (nSPS) is 21.8. The molecule has 1 aromatic heterocycles. The lowest BCUT2D eigenvalue weighted by Crippen LogP contribution is -2.39. The van der Waals surface area contributed by atoms with Crippen LogP contribution in [0.3, 0.4) is 0 Å². The van der Waals surface area contributed by atoms with Gasteiger partial charge in [-0.3, -0.25) is 0 Å². The summed E-state index contributed by atoms with van der Waals surface area (Å²) in [5, 5.41) is 0. The molecule has 0 saturated carbocycles. The molecule has 2 N–H and O–H groups in total. The van der Waals surface area contributed by atoms with Gasteiger partial charge in [0.05, 0.1) is 0 Å². The van der Waals surface area contributed by atoms with E-state index in [1.54, 1.807) is 0 Å². The highest BCUT2D eigenvalue weighted by Crippen LogP contribution is 2.23. The van der Waals surface area contributed by atoms with Crippen molar-refractivity contribution in [2.45, 2.75) is 32.7 Å². The summed E-state index contributed by atoms with van der Waals surface area (Å²) < 4.78 is 2.24. The second-order valence-electron chi connectivity index (χ2n) is 4.92. The van der Waals surface area contributed by atoms with Gasteiger partial charge in [0, 0.05) is 31.5 Å². The van der Waals surface area contributed by atoms with Crippen LogP contribution in [0.5, 0.6) is 0 Å². The van der Waals surface area contributed by atoms with Crippen LogP contribution in [-0.4, -0.2) is 29.2 Å². The Hall–Kier alpha value is -1.03. The minimum absolute atomic E-state index is 0.468. The van der Waals surface area contributed by atoms with Crippen LogP contribution in [0.1, 0.15) is 32.7 Å². The number of piperidine rings is 1. The van der Waals surface area contributed by atoms with Crippen molar-refractivity contribution >= 4 is 5.95 Å². The van der Waals surface area contributed by atoms with Gasteiger partial charge in [-0.05, 0) is 39.2 Å². The van der Waals surface area contributed by atoms with Gasteiger partial charge in [-0.15, -0.1) is 0 Å². The molecule has 1 fully saturated rings. The number of hydrogen-bond donors (Lipinski definition) is 1. The first-order chi connectivity index (χ1) is 7.72. The smallest absolute Gasteiger partial charge is 0.205 e. The van der Waals surface area contributed by atoms with E-state index >= 15 is 0 Å². The van der Waals surface area contributed by atoms with Crippen molar-refractivity contribution in [3.05, 3.63) is 12.4 Å². The molecule has 1 atom stereocenters. The molecule has 1 aliphatic rings. The van der Waals surface area contributed by atoms with Crippen LogP contribution in [0.4, 0.5) is 5.95 Å². The highest BCUT2D eigenvalue weighted by molar-refractivity contribution is 5.32. The summed E-state index contributed by atoms with van der Waals surface area (Å²) in [5.41, 5.74) is 5.76. The maximum atomic E-state index is 5.76. The predicted octanol–water partition coefficient (Wildman–Crippen LogP) is 1.64. The van der Waals surface area contributed by atoms with Crippen LogP contribution in [0.15, 0.2) is 12.4 Å². The van der Waals surface area contributed by atoms with E-state index < -0.39 is 0 Å². The average Bonchev–Trinajstić information content (AvgIpc) is 2.78. The lowest BCUT2D eigenvalue weighted by Gasteiger charge is -2.33. The largest absolute Gasteiger partial charge is 0.342 e. The second kappa shape index (κ2) is 4.87. The molecule has 0 spiro atoms. The van der Waals surface area contributed by atoms with Crippen molar-refractivity contribution < 1.29 is 0 Å². The van der Waals surface area contributed by atoms with Gasteiger partial charge in [0.15, 0.2) is 0 Å². The number of rotatable bonds is 3. The van der Waals surface area contributed by atoms with Crippen LogP contribution in [-0.2, 0) is 0 Å². The van der Waals surface area contributed by atoms with Gasteiger partial charge in [0.1, 0.15) is 0 Å². The second-order valence-corrected chi connectivity index (χ2v) is 4.92. The molecule has 1 aliphatic heterocycles. The molecule has 0 aliphatic carbocycles. The minimum atomic E-state index is 0.468. The average molecular weight is 222 g/mol. The van der Waals surface area contributed by atoms with Crippen LogP contribution >= 0.6 is 0 Å². The van der Waals surface area contributed by atoms with Gasteiger partial charge in [0.25, 0.3) is 0 Å². The highest BCUT2D eigenvalue weighted by atomic mass is 15.3. The predicted molar refractivity (Wildman–Crippen MR) is 66.6 cm³/mol. The fraction of sp³-hybridized carbons (Fsp3) is 0.750. The summed E-state index contributed by atoms with van der Waals surface area (Å²) in [7, 11) is 0. The first kappa shape index (κ1) is 11.5. The van der Waals surface area contributed by atoms with Crippen molar-refractivity contribution in [1.82, 2.24) is 9.55 Å². The maximum Gasteiger partial charge on any atom is 0.205 e. The fourth-order valence-corrected chi connectivity index (χ4v) is 2.39. The summed E-state index contributed by atoms with van der Waals surface area (Å²) in [6.07, 6.45) is 6.44. The Morgan fingerprint density at radius 1 is 1.56 bits per heavy atom. The molecule has 2 heterocycles. The third-order valence-corrected chi connectivity index (χ3v) is 3.34. The molecule has 1 aromatic rings. The molecule has 16 heavy (non-hydrogen) atoms. The fourth-order valence-electron chi connectivity index (χ4n) is 2.39. The van der Waals surface area contributed by atoms with Crippen molar-refractivity contribution in [3.8, 4) is 0 Å². The third-order valence-electron chi connectivity index (χ3n) is 3.34. The van der Waals surface area contributed by atoms with Crippen LogP contribution in [0, 0.1) is 5.92 Å². The topological polar surface area (TPSA) is 47.1 Å². The summed E-state index contributed by atoms with van der Waals surface area (Å²) in [5.74, 6) is 1.74. The first-order valence-corrected chi connectivity index (χ1v) is 6.20. The van der Waals surface area contributed by atoms with E-state index in [9.17, 15) is 0 Å². The molecule has 4 heteroatoms. The Morgan fingerprint density at radius 2 is 2.38 bits per heavy atom. The Labute approximate surface area is 97.4 Å². The van der Waals surface area contributed by atoms with Gasteiger partial charge in [0.2, 0.25) is 5.95 Å². The van der Waals surface area contributed by atoms with Gasteiger partial charge in [-0.1, -0.05) is 0 Å². The van der Waals surface area contributed by atoms with Crippen molar-refractivity contribution in [2.24, 2.45) is 11.7 Å². The Morgan fingerprint density at radius 3 is 3.06 bits per heavy atom. The van der Waals surface area contributed by atoms with E-state index in [1.807, 2.05) is 6.20 Å². The molecule has 0 aromatic carbocycles. The summed E-state index contributed by atoms with van der Waals surface area (Å²) in [6.45, 7) is 7.34. The monoisotopic (exact) mass is 222 g/mol. The van der Waals surface area contributed by atoms with Crippen LogP contribution in [0.25, 0.3) is 0 Å². The number of nitrogens with zero attached hydrogens (tertiary/aromatic N) is 3. The van der Waals surface area contributed by atoms with E-state index in [2.05, 4.69) is 34.5 Å². The number of imidazole rings is 1. The summed E-state index contributed by atoms with van der Waals surface area (Å²) in [4.78, 5) is 6.85. The van der Waals surface area contributed by atoms with E-state index in [1.165, 1.54) is 12.8 Å². The number of aromatic nitrogens is 2. The molecule has 4 nitrogen and oxygen atoms in total. The van der Waals surface area contributed by atoms with Crippen molar-refractivity contribution in [2.75, 3.05) is 24.5 Å². The summed E-state index contributed by atoms with van der Waals surface area (Å²) in [6, 6.07) is 0.468.